The van der Waals surface area contributed by atoms with E-state index in [1.54, 1.807) is 6.92 Å². The lowest BCUT2D eigenvalue weighted by Gasteiger charge is -2.16. The fourth-order valence-electron chi connectivity index (χ4n) is 7.51. The summed E-state index contributed by atoms with van der Waals surface area (Å²) in [6.07, 6.45) is 0.410. The number of rotatable bonds is 28. The van der Waals surface area contributed by atoms with Crippen molar-refractivity contribution in [3.05, 3.63) is 107 Å². The van der Waals surface area contributed by atoms with Gasteiger partial charge in [-0.25, -0.2) is 9.13 Å². The van der Waals surface area contributed by atoms with Gasteiger partial charge >= 0.3 is 23.2 Å². The molecule has 0 bridgehead atoms. The molecule has 0 fully saturated rings. The van der Waals surface area contributed by atoms with Gasteiger partial charge in [-0.3, -0.25) is 79.3 Å². The maximum absolute atomic E-state index is 13.2. The van der Waals surface area contributed by atoms with Crippen LogP contribution in [-0.2, 0) is 62.5 Å². The predicted octanol–water partition coefficient (Wildman–Crippen LogP) is -0.719. The van der Waals surface area contributed by atoms with Crippen molar-refractivity contribution in [2.75, 3.05) is 58.9 Å². The van der Waals surface area contributed by atoms with Crippen molar-refractivity contribution < 1.29 is 65.1 Å². The molecule has 26 nitrogen and oxygen atoms in total. The molecule has 0 spiro atoms. The first-order valence-corrected chi connectivity index (χ1v) is 25.6. The second kappa shape index (κ2) is 22.0. The second-order valence-electron chi connectivity index (χ2n) is 15.6. The molecule has 5 unspecified atom stereocenters. The molecule has 0 aliphatic heterocycles. The minimum Gasteiger partial charge on any atom is -0.396 e. The molecule has 0 saturated heterocycles. The van der Waals surface area contributed by atoms with Crippen molar-refractivity contribution in [3.8, 4) is 0 Å². The molecule has 4 aromatic heterocycles. The molecular formula is C38H45F2N6O20P3. The molecule has 2 aromatic carbocycles. The average Bonchev–Trinajstić information content (AvgIpc) is 3.87. The van der Waals surface area contributed by atoms with Gasteiger partial charge in [-0.05, 0) is 36.6 Å². The van der Waals surface area contributed by atoms with Crippen LogP contribution in [0.2, 0.25) is 0 Å². The molecule has 6 rings (SSSR count). The topological polar surface area (TPSA) is 359 Å². The number of hydrogen-bond donors (Lipinski definition) is 6. The van der Waals surface area contributed by atoms with Gasteiger partial charge in [-0.15, -0.1) is 8.96 Å². The molecule has 6 aromatic rings. The summed E-state index contributed by atoms with van der Waals surface area (Å²) in [4.78, 5) is 136. The van der Waals surface area contributed by atoms with Gasteiger partial charge in [0.25, 0.3) is 44.5 Å². The van der Waals surface area contributed by atoms with Crippen LogP contribution in [0.25, 0.3) is 43.1 Å². The van der Waals surface area contributed by atoms with E-state index < -0.39 is 146 Å². The van der Waals surface area contributed by atoms with Gasteiger partial charge in [0, 0.05) is 25.6 Å². The molecule has 0 radical (unpaired) electrons. The summed E-state index contributed by atoms with van der Waals surface area (Å²) >= 11 is 0. The Balaban J connectivity index is 1.05. The zero-order chi connectivity index (χ0) is 50.6. The molecule has 376 valence electrons. The zero-order valence-electron chi connectivity index (χ0n) is 36.3. The van der Waals surface area contributed by atoms with Crippen LogP contribution in [0.1, 0.15) is 19.8 Å². The second-order valence-corrected chi connectivity index (χ2v) is 20.5. The van der Waals surface area contributed by atoms with E-state index in [9.17, 15) is 75.7 Å². The van der Waals surface area contributed by atoms with Crippen LogP contribution in [-0.4, -0.2) is 96.9 Å². The van der Waals surface area contributed by atoms with E-state index in [2.05, 4.69) is 0 Å². The Labute approximate surface area is 383 Å². The Morgan fingerprint density at radius 1 is 0.507 bits per heavy atom. The number of halogens is 2. The van der Waals surface area contributed by atoms with Crippen LogP contribution in [0.5, 0.6) is 0 Å². The number of phosphoric ester groups is 2. The number of aliphatic hydroxyl groups is 1. The molecule has 0 aliphatic rings. The highest BCUT2D eigenvalue weighted by molar-refractivity contribution is 7.52. The van der Waals surface area contributed by atoms with Crippen molar-refractivity contribution in [3.63, 3.8) is 0 Å². The summed E-state index contributed by atoms with van der Waals surface area (Å²) in [6, 6.07) is 4.06. The molecule has 69 heavy (non-hydrogen) atoms. The van der Waals surface area contributed by atoms with Crippen molar-refractivity contribution >= 4 is 66.3 Å². The smallest absolute Gasteiger partial charge is 0.396 e. The minimum atomic E-state index is -4.99. The third-order valence-electron chi connectivity index (χ3n) is 11.3. The number of aliphatic hydroxyl groups excluding tert-OH is 1. The first-order chi connectivity index (χ1) is 32.6. The van der Waals surface area contributed by atoms with Gasteiger partial charge in [-0.1, -0.05) is 13.3 Å². The van der Waals surface area contributed by atoms with Crippen molar-refractivity contribution in [2.24, 2.45) is 11.8 Å². The van der Waals surface area contributed by atoms with Gasteiger partial charge in [0.2, 0.25) is 0 Å². The van der Waals surface area contributed by atoms with Crippen LogP contribution in [0.3, 0.4) is 0 Å². The van der Waals surface area contributed by atoms with E-state index in [1.807, 2.05) is 0 Å². The summed E-state index contributed by atoms with van der Waals surface area (Å²) in [5.41, 5.74) is -4.63. The maximum atomic E-state index is 13.2. The molecular weight excluding hydrogens is 991 g/mol. The van der Waals surface area contributed by atoms with Gasteiger partial charge in [0.1, 0.15) is 0 Å². The van der Waals surface area contributed by atoms with Gasteiger partial charge in [0.15, 0.2) is 0 Å². The third-order valence-corrected chi connectivity index (χ3v) is 14.7. The number of nitrogens with zero attached hydrogens (tertiary/aromatic N) is 4. The SMILES string of the molecule is CCC(CCP(=O)(O)OCCn1c(=O)c2cc3c(=O)n(CCOP(=O)(O)OCCn4c(=O)c5cc6c(=O)n(CCOP(=O)(O)OCC(CO)CNF)c(=O)c6cc5c4=O)c(=O)c3cc2c1=O)CNF. The number of nitrogens with one attached hydrogen (secondary N) is 2. The lowest BCUT2D eigenvalue weighted by atomic mass is 10.0. The van der Waals surface area contributed by atoms with Crippen LogP contribution in [0, 0.1) is 11.8 Å². The number of hydrogen-bond acceptors (Lipinski definition) is 19. The fourth-order valence-corrected chi connectivity index (χ4v) is 10.2. The quantitative estimate of drug-likeness (QED) is 0.0261. The van der Waals surface area contributed by atoms with E-state index >= 15 is 0 Å². The molecule has 31 heteroatoms. The lowest BCUT2D eigenvalue weighted by molar-refractivity contribution is 0.0978. The van der Waals surface area contributed by atoms with Gasteiger partial charge < -0.3 is 24.3 Å². The van der Waals surface area contributed by atoms with Crippen LogP contribution >= 0.6 is 23.2 Å². The molecule has 4 heterocycles. The Morgan fingerprint density at radius 3 is 1.09 bits per heavy atom. The normalized spacial score (nSPS) is 15.9. The summed E-state index contributed by atoms with van der Waals surface area (Å²) < 4.78 is 89.0. The van der Waals surface area contributed by atoms with Crippen LogP contribution in [0.4, 0.5) is 8.96 Å². The van der Waals surface area contributed by atoms with E-state index in [4.69, 9.17) is 27.7 Å². The number of aromatic nitrogens is 4. The highest BCUT2D eigenvalue weighted by Gasteiger charge is 2.27. The zero-order valence-corrected chi connectivity index (χ0v) is 39.0. The van der Waals surface area contributed by atoms with Crippen molar-refractivity contribution in [1.82, 2.24) is 29.3 Å². The Kier molecular flexibility index (Phi) is 17.1. The first kappa shape index (κ1) is 53.5. The Hall–Kier alpha value is -4.89. The molecule has 0 aliphatic carbocycles. The minimum absolute atomic E-state index is 0.0219. The Morgan fingerprint density at radius 2 is 0.797 bits per heavy atom. The van der Waals surface area contributed by atoms with Crippen LogP contribution in [0.15, 0.2) is 62.6 Å². The number of phosphoric acid groups is 2. The first-order valence-electron chi connectivity index (χ1n) is 20.9. The van der Waals surface area contributed by atoms with Crippen molar-refractivity contribution in [2.45, 2.75) is 45.9 Å². The Bertz CT molecular complexity index is 3090. The predicted molar refractivity (Wildman–Crippen MR) is 241 cm³/mol. The van der Waals surface area contributed by atoms with E-state index in [0.29, 0.717) is 20.1 Å². The fraction of sp³-hybridized carbons (Fsp3) is 0.474. The highest BCUT2D eigenvalue weighted by atomic mass is 31.2. The highest BCUT2D eigenvalue weighted by Crippen LogP contribution is 2.44. The monoisotopic (exact) mass is 1040 g/mol. The third kappa shape index (κ3) is 11.8. The molecule has 5 atom stereocenters. The lowest BCUT2D eigenvalue weighted by Crippen LogP contribution is -2.28. The summed E-state index contributed by atoms with van der Waals surface area (Å²) in [7, 11) is -13.9. The van der Waals surface area contributed by atoms with Gasteiger partial charge in [-0.2, -0.15) is 11.1 Å². The number of fused-ring (bicyclic) bond motifs is 4. The average molecular weight is 1040 g/mol. The summed E-state index contributed by atoms with van der Waals surface area (Å²) in [5.74, 6) is -1.13. The van der Waals surface area contributed by atoms with E-state index in [-0.39, 0.29) is 68.1 Å². The maximum Gasteiger partial charge on any atom is 0.472 e. The van der Waals surface area contributed by atoms with E-state index in [1.165, 1.54) is 11.1 Å². The summed E-state index contributed by atoms with van der Waals surface area (Å²) in [6.45, 7) is -4.82. The number of benzene rings is 2. The molecule has 0 saturated carbocycles. The molecule has 6 N–H and O–H groups in total. The largest absolute Gasteiger partial charge is 0.472 e. The van der Waals surface area contributed by atoms with Crippen LogP contribution < -0.4 is 55.6 Å². The van der Waals surface area contributed by atoms with Crippen molar-refractivity contribution in [1.29, 1.82) is 0 Å². The van der Waals surface area contributed by atoms with Gasteiger partial charge in [0.05, 0.1) is 108 Å². The van der Waals surface area contributed by atoms with E-state index in [0.717, 1.165) is 28.8 Å². The standard InChI is InChI=1S/C38H45F2N6O20P3/c1-2-21(17-41-39)3-12-67(56,57)62-8-4-43-31(48)23-13-25-26(14-24(23)32(43)49)34(51)44(33(25)50)5-9-63-68(58,59)64-10-6-45-35(52)27-15-29-30(16-28(27)36(45)53)38(55)46(37(29)54)7-11-65-69(60,61)66-20-22(19-47)18-42-40/h13-16,21-22,41-42,47H,2-12,17-20H2,1H3,(H,56,57)(H,58,59)(H,60,61). The summed E-state index contributed by atoms with van der Waals surface area (Å²) in [5, 5.41) is 7.01. The molecule has 0 amide bonds.